The molecule has 8 heteroatoms. The van der Waals surface area contributed by atoms with Crippen LogP contribution in [0.25, 0.3) is 20.2 Å². The summed E-state index contributed by atoms with van der Waals surface area (Å²) in [5.41, 5.74) is 0.00856. The van der Waals surface area contributed by atoms with Crippen LogP contribution in [0, 0.1) is 10.1 Å². The molecule has 0 radical (unpaired) electrons. The Hall–Kier alpha value is -1.70. The van der Waals surface area contributed by atoms with Crippen molar-refractivity contribution in [2.75, 3.05) is 0 Å². The van der Waals surface area contributed by atoms with Crippen molar-refractivity contribution in [3.05, 3.63) is 46.5 Å². The SMILES string of the molecule is O=[N+]([O-])c1ccc2c(c1)sc1ccc(S(=O)(=O)Cl)cc12. The molecule has 1 aromatic heterocycles. The lowest BCUT2D eigenvalue weighted by molar-refractivity contribution is -0.384. The first-order chi connectivity index (χ1) is 9.36. The fourth-order valence-electron chi connectivity index (χ4n) is 2.01. The molecular weight excluding hydrogens is 322 g/mol. The van der Waals surface area contributed by atoms with Crippen molar-refractivity contribution in [1.82, 2.24) is 0 Å². The normalized spacial score (nSPS) is 12.1. The average molecular weight is 328 g/mol. The summed E-state index contributed by atoms with van der Waals surface area (Å²) in [4.78, 5) is 10.3. The summed E-state index contributed by atoms with van der Waals surface area (Å²) in [5, 5.41) is 12.3. The van der Waals surface area contributed by atoms with Gasteiger partial charge in [0.1, 0.15) is 0 Å². The lowest BCUT2D eigenvalue weighted by atomic mass is 10.1. The van der Waals surface area contributed by atoms with Crippen molar-refractivity contribution in [3.8, 4) is 0 Å². The molecule has 0 atom stereocenters. The Labute approximate surface area is 122 Å². The zero-order valence-corrected chi connectivity index (χ0v) is 12.1. The number of nitro groups is 1. The van der Waals surface area contributed by atoms with Gasteiger partial charge < -0.3 is 0 Å². The van der Waals surface area contributed by atoms with Gasteiger partial charge in [-0.2, -0.15) is 0 Å². The van der Waals surface area contributed by atoms with E-state index in [1.54, 1.807) is 12.1 Å². The van der Waals surface area contributed by atoms with E-state index in [0.717, 1.165) is 20.2 Å². The van der Waals surface area contributed by atoms with E-state index in [4.69, 9.17) is 10.7 Å². The minimum Gasteiger partial charge on any atom is -0.258 e. The van der Waals surface area contributed by atoms with Gasteiger partial charge in [-0.05, 0) is 24.3 Å². The first-order valence-corrected chi connectivity index (χ1v) is 8.54. The highest BCUT2D eigenvalue weighted by atomic mass is 35.7. The number of halogens is 1. The van der Waals surface area contributed by atoms with Gasteiger partial charge in [-0.15, -0.1) is 11.3 Å². The monoisotopic (exact) mass is 327 g/mol. The summed E-state index contributed by atoms with van der Waals surface area (Å²) in [5.74, 6) is 0. The number of non-ortho nitro benzene ring substituents is 1. The van der Waals surface area contributed by atoms with E-state index in [-0.39, 0.29) is 10.6 Å². The van der Waals surface area contributed by atoms with Crippen LogP contribution in [-0.2, 0) is 9.05 Å². The summed E-state index contributed by atoms with van der Waals surface area (Å²) in [6.45, 7) is 0. The molecule has 3 aromatic rings. The van der Waals surface area contributed by atoms with Crippen molar-refractivity contribution in [3.63, 3.8) is 0 Å². The van der Waals surface area contributed by atoms with E-state index in [1.165, 1.54) is 35.6 Å². The van der Waals surface area contributed by atoms with E-state index in [9.17, 15) is 18.5 Å². The Balaban J connectivity index is 2.35. The van der Waals surface area contributed by atoms with Crippen LogP contribution in [0.3, 0.4) is 0 Å². The van der Waals surface area contributed by atoms with Gasteiger partial charge in [0, 0.05) is 43.0 Å². The van der Waals surface area contributed by atoms with Crippen molar-refractivity contribution in [2.45, 2.75) is 4.90 Å². The quantitative estimate of drug-likeness (QED) is 0.406. The number of hydrogen-bond donors (Lipinski definition) is 0. The fraction of sp³-hybridized carbons (Fsp3) is 0. The van der Waals surface area contributed by atoms with Gasteiger partial charge in [-0.25, -0.2) is 8.42 Å². The summed E-state index contributed by atoms with van der Waals surface area (Å²) in [7, 11) is 1.54. The van der Waals surface area contributed by atoms with Crippen molar-refractivity contribution in [2.24, 2.45) is 0 Å². The lowest BCUT2D eigenvalue weighted by Gasteiger charge is -1.96. The lowest BCUT2D eigenvalue weighted by Crippen LogP contribution is -1.89. The molecule has 0 bridgehead atoms. The second kappa shape index (κ2) is 4.41. The van der Waals surface area contributed by atoms with Crippen LogP contribution < -0.4 is 0 Å². The summed E-state index contributed by atoms with van der Waals surface area (Å²) >= 11 is 1.37. The van der Waals surface area contributed by atoms with Crippen LogP contribution in [0.5, 0.6) is 0 Å². The number of thiophene rings is 1. The summed E-state index contributed by atoms with van der Waals surface area (Å²) in [6, 6.07) is 9.07. The molecule has 0 aliphatic heterocycles. The van der Waals surface area contributed by atoms with Crippen LogP contribution in [0.4, 0.5) is 5.69 Å². The smallest absolute Gasteiger partial charge is 0.258 e. The number of benzene rings is 2. The van der Waals surface area contributed by atoms with Crippen LogP contribution >= 0.6 is 22.0 Å². The third kappa shape index (κ3) is 2.13. The van der Waals surface area contributed by atoms with Gasteiger partial charge in [0.15, 0.2) is 0 Å². The molecule has 2 aromatic carbocycles. The summed E-state index contributed by atoms with van der Waals surface area (Å²) in [6.07, 6.45) is 0. The molecule has 102 valence electrons. The second-order valence-corrected chi connectivity index (χ2v) is 7.79. The maximum Gasteiger partial charge on any atom is 0.270 e. The molecule has 0 aliphatic carbocycles. The zero-order valence-electron chi connectivity index (χ0n) is 9.74. The minimum atomic E-state index is -3.79. The molecule has 0 saturated heterocycles. The Bertz CT molecular complexity index is 962. The van der Waals surface area contributed by atoms with Crippen LogP contribution in [0.1, 0.15) is 0 Å². The molecule has 0 fully saturated rings. The number of nitro benzene ring substituents is 1. The predicted molar refractivity (Wildman–Crippen MR) is 79.0 cm³/mol. The molecule has 0 unspecified atom stereocenters. The van der Waals surface area contributed by atoms with Crippen molar-refractivity contribution in [1.29, 1.82) is 0 Å². The Kier molecular flexibility index (Phi) is 2.93. The third-order valence-corrected chi connectivity index (χ3v) is 5.40. The molecule has 0 spiro atoms. The van der Waals surface area contributed by atoms with Gasteiger partial charge in [0.2, 0.25) is 0 Å². The molecular formula is C12H6ClNO4S2. The molecule has 5 nitrogen and oxygen atoms in total. The van der Waals surface area contributed by atoms with Crippen molar-refractivity contribution >= 4 is 56.9 Å². The molecule has 3 rings (SSSR count). The maximum atomic E-state index is 11.4. The molecule has 0 N–H and O–H groups in total. The topological polar surface area (TPSA) is 77.3 Å². The molecule has 20 heavy (non-hydrogen) atoms. The number of fused-ring (bicyclic) bond motifs is 3. The highest BCUT2D eigenvalue weighted by molar-refractivity contribution is 8.13. The fourth-order valence-corrected chi connectivity index (χ4v) is 3.91. The van der Waals surface area contributed by atoms with Crippen LogP contribution in [-0.4, -0.2) is 13.3 Å². The van der Waals surface area contributed by atoms with E-state index in [0.29, 0.717) is 0 Å². The zero-order chi connectivity index (χ0) is 14.5. The van der Waals surface area contributed by atoms with Gasteiger partial charge in [-0.3, -0.25) is 10.1 Å². The molecule has 1 heterocycles. The van der Waals surface area contributed by atoms with E-state index < -0.39 is 14.0 Å². The van der Waals surface area contributed by atoms with E-state index in [1.807, 2.05) is 0 Å². The highest BCUT2D eigenvalue weighted by Crippen LogP contribution is 2.37. The largest absolute Gasteiger partial charge is 0.270 e. The Morgan fingerprint density at radius 2 is 1.80 bits per heavy atom. The highest BCUT2D eigenvalue weighted by Gasteiger charge is 2.14. The Morgan fingerprint density at radius 1 is 1.05 bits per heavy atom. The second-order valence-electron chi connectivity index (χ2n) is 4.14. The molecule has 0 aliphatic rings. The van der Waals surface area contributed by atoms with E-state index in [2.05, 4.69) is 0 Å². The standard InChI is InChI=1S/C12H6ClNO4S2/c13-20(17,18)8-2-4-11-10(6-8)9-3-1-7(14(15)16)5-12(9)19-11/h1-6H. The molecule has 0 amide bonds. The van der Waals surface area contributed by atoms with Gasteiger partial charge in [0.05, 0.1) is 9.82 Å². The van der Waals surface area contributed by atoms with Gasteiger partial charge in [0.25, 0.3) is 14.7 Å². The maximum absolute atomic E-state index is 11.4. The number of nitrogens with zero attached hydrogens (tertiary/aromatic N) is 1. The number of hydrogen-bond acceptors (Lipinski definition) is 5. The molecule has 0 saturated carbocycles. The average Bonchev–Trinajstić information content (AvgIpc) is 2.74. The van der Waals surface area contributed by atoms with Crippen LogP contribution in [0.2, 0.25) is 0 Å². The van der Waals surface area contributed by atoms with Gasteiger partial charge in [-0.1, -0.05) is 0 Å². The first kappa shape index (κ1) is 13.3. The van der Waals surface area contributed by atoms with Crippen molar-refractivity contribution < 1.29 is 13.3 Å². The number of rotatable bonds is 2. The first-order valence-electron chi connectivity index (χ1n) is 5.41. The predicted octanol–water partition coefficient (Wildman–Crippen LogP) is 3.89. The Morgan fingerprint density at radius 3 is 2.45 bits per heavy atom. The minimum absolute atomic E-state index is 0.00856. The van der Waals surface area contributed by atoms with Crippen LogP contribution in [0.15, 0.2) is 41.3 Å². The van der Waals surface area contributed by atoms with E-state index >= 15 is 0 Å². The third-order valence-electron chi connectivity index (χ3n) is 2.92. The van der Waals surface area contributed by atoms with Gasteiger partial charge >= 0.3 is 0 Å². The summed E-state index contributed by atoms with van der Waals surface area (Å²) < 4.78 is 24.3.